The second kappa shape index (κ2) is 6.83. The molecule has 28 heavy (non-hydrogen) atoms. The minimum atomic E-state index is 0.00378. The summed E-state index contributed by atoms with van der Waals surface area (Å²) in [6.45, 7) is 6.25. The Morgan fingerprint density at radius 2 is 1.89 bits per heavy atom. The van der Waals surface area contributed by atoms with Crippen LogP contribution in [-0.2, 0) is 6.54 Å². The van der Waals surface area contributed by atoms with E-state index in [-0.39, 0.29) is 5.91 Å². The number of hydrogen-bond acceptors (Lipinski definition) is 5. The molecule has 7 heteroatoms. The summed E-state index contributed by atoms with van der Waals surface area (Å²) in [7, 11) is 0. The number of rotatable bonds is 3. The van der Waals surface area contributed by atoms with E-state index in [0.717, 1.165) is 42.3 Å². The fraction of sp³-hybridized carbons (Fsp3) is 0.333. The van der Waals surface area contributed by atoms with Gasteiger partial charge in [0.15, 0.2) is 11.5 Å². The highest BCUT2D eigenvalue weighted by Crippen LogP contribution is 2.32. The Labute approximate surface area is 163 Å². The Bertz CT molecular complexity index is 1040. The maximum absolute atomic E-state index is 12.8. The third-order valence-corrected chi connectivity index (χ3v) is 5.34. The van der Waals surface area contributed by atoms with Gasteiger partial charge in [0.1, 0.15) is 11.3 Å². The van der Waals surface area contributed by atoms with Crippen molar-refractivity contribution >= 4 is 11.6 Å². The van der Waals surface area contributed by atoms with Crippen LogP contribution < -0.4 is 9.47 Å². The molecule has 5 rings (SSSR count). The van der Waals surface area contributed by atoms with Gasteiger partial charge in [-0.25, -0.2) is 4.98 Å². The molecule has 144 valence electrons. The lowest BCUT2D eigenvalue weighted by Gasteiger charge is -2.34. The van der Waals surface area contributed by atoms with Crippen molar-refractivity contribution in [3.05, 3.63) is 59.5 Å². The van der Waals surface area contributed by atoms with E-state index in [1.165, 1.54) is 5.56 Å². The number of amides is 1. The number of ether oxygens (including phenoxy) is 2. The van der Waals surface area contributed by atoms with E-state index in [2.05, 4.69) is 16.0 Å². The molecule has 1 fully saturated rings. The van der Waals surface area contributed by atoms with Gasteiger partial charge < -0.3 is 18.8 Å². The van der Waals surface area contributed by atoms with Crippen molar-refractivity contribution in [3.8, 4) is 11.5 Å². The number of imidazole rings is 1. The van der Waals surface area contributed by atoms with Gasteiger partial charge in [-0.2, -0.15) is 0 Å². The van der Waals surface area contributed by atoms with Crippen LogP contribution in [0.4, 0.5) is 0 Å². The van der Waals surface area contributed by atoms with Crippen LogP contribution in [0.2, 0.25) is 0 Å². The summed E-state index contributed by atoms with van der Waals surface area (Å²) in [6, 6.07) is 10.1. The highest BCUT2D eigenvalue weighted by Gasteiger charge is 2.24. The molecule has 0 saturated carbocycles. The van der Waals surface area contributed by atoms with E-state index in [9.17, 15) is 4.79 Å². The summed E-state index contributed by atoms with van der Waals surface area (Å²) < 4.78 is 12.7. The second-order valence-corrected chi connectivity index (χ2v) is 7.35. The van der Waals surface area contributed by atoms with Crippen molar-refractivity contribution in [1.82, 2.24) is 19.2 Å². The number of aromatic nitrogens is 2. The quantitative estimate of drug-likeness (QED) is 0.700. The van der Waals surface area contributed by atoms with Gasteiger partial charge in [0.25, 0.3) is 5.91 Å². The largest absolute Gasteiger partial charge is 0.454 e. The lowest BCUT2D eigenvalue weighted by molar-refractivity contribution is 0.0623. The number of carbonyl (C=O) groups excluding carboxylic acids is 1. The molecule has 0 aliphatic carbocycles. The predicted octanol–water partition coefficient (Wildman–Crippen LogP) is 2.33. The Morgan fingerprint density at radius 3 is 2.75 bits per heavy atom. The zero-order valence-electron chi connectivity index (χ0n) is 15.8. The van der Waals surface area contributed by atoms with Crippen molar-refractivity contribution in [2.24, 2.45) is 0 Å². The monoisotopic (exact) mass is 378 g/mol. The van der Waals surface area contributed by atoms with E-state index in [1.807, 2.05) is 52.9 Å². The second-order valence-electron chi connectivity index (χ2n) is 7.35. The molecule has 0 N–H and O–H groups in total. The van der Waals surface area contributed by atoms with E-state index in [1.54, 1.807) is 0 Å². The first-order valence-corrected chi connectivity index (χ1v) is 9.51. The standard InChI is InChI=1S/C21H22N4O3/c1-15-4-5-25-13-17(22-20(25)10-15)21(26)24-8-6-23(7-9-24)12-16-2-3-18-19(11-16)28-14-27-18/h2-5,10-11,13H,6-9,12,14H2,1H3. The fourth-order valence-corrected chi connectivity index (χ4v) is 3.76. The van der Waals surface area contributed by atoms with Gasteiger partial charge in [-0.05, 0) is 42.3 Å². The Hall–Kier alpha value is -3.06. The van der Waals surface area contributed by atoms with Crippen LogP contribution in [0, 0.1) is 6.92 Å². The van der Waals surface area contributed by atoms with E-state index >= 15 is 0 Å². The third kappa shape index (κ3) is 3.18. The summed E-state index contributed by atoms with van der Waals surface area (Å²) in [5, 5.41) is 0. The molecule has 2 aliphatic heterocycles. The number of hydrogen-bond donors (Lipinski definition) is 0. The van der Waals surface area contributed by atoms with Crippen LogP contribution in [0.25, 0.3) is 5.65 Å². The third-order valence-electron chi connectivity index (χ3n) is 5.34. The van der Waals surface area contributed by atoms with Gasteiger partial charge in [0, 0.05) is 45.1 Å². The van der Waals surface area contributed by atoms with Gasteiger partial charge in [-0.15, -0.1) is 0 Å². The Balaban J connectivity index is 1.22. The lowest BCUT2D eigenvalue weighted by Crippen LogP contribution is -2.48. The van der Waals surface area contributed by atoms with Crippen molar-refractivity contribution in [2.75, 3.05) is 33.0 Å². The van der Waals surface area contributed by atoms with E-state index in [4.69, 9.17) is 9.47 Å². The molecule has 7 nitrogen and oxygen atoms in total. The first-order chi connectivity index (χ1) is 13.7. The molecule has 0 unspecified atom stereocenters. The van der Waals surface area contributed by atoms with Gasteiger partial charge in [-0.3, -0.25) is 9.69 Å². The molecule has 0 atom stereocenters. The van der Waals surface area contributed by atoms with Crippen LogP contribution in [0.5, 0.6) is 11.5 Å². The first kappa shape index (κ1) is 17.1. The van der Waals surface area contributed by atoms with Crippen molar-refractivity contribution in [3.63, 3.8) is 0 Å². The van der Waals surface area contributed by atoms with Crippen LogP contribution in [0.3, 0.4) is 0 Å². The Kier molecular flexibility index (Phi) is 4.16. The van der Waals surface area contributed by atoms with Crippen LogP contribution in [0.15, 0.2) is 42.7 Å². The van der Waals surface area contributed by atoms with E-state index in [0.29, 0.717) is 25.6 Å². The highest BCUT2D eigenvalue weighted by molar-refractivity contribution is 5.93. The molecule has 0 radical (unpaired) electrons. The summed E-state index contributed by atoms with van der Waals surface area (Å²) in [6.07, 6.45) is 3.76. The van der Waals surface area contributed by atoms with Gasteiger partial charge in [0.2, 0.25) is 6.79 Å². The Morgan fingerprint density at radius 1 is 1.07 bits per heavy atom. The number of fused-ring (bicyclic) bond motifs is 2. The maximum atomic E-state index is 12.8. The predicted molar refractivity (Wildman–Crippen MR) is 104 cm³/mol. The fourth-order valence-electron chi connectivity index (χ4n) is 3.76. The molecule has 0 spiro atoms. The molecule has 4 heterocycles. The first-order valence-electron chi connectivity index (χ1n) is 9.51. The number of nitrogens with zero attached hydrogens (tertiary/aromatic N) is 4. The summed E-state index contributed by atoms with van der Waals surface area (Å²) >= 11 is 0. The zero-order chi connectivity index (χ0) is 19.1. The molecule has 1 aromatic carbocycles. The maximum Gasteiger partial charge on any atom is 0.274 e. The molecule has 1 amide bonds. The topological polar surface area (TPSA) is 59.3 Å². The van der Waals surface area contributed by atoms with Crippen molar-refractivity contribution in [2.45, 2.75) is 13.5 Å². The summed E-state index contributed by atoms with van der Waals surface area (Å²) in [4.78, 5) is 21.6. The normalized spacial score (nSPS) is 16.7. The number of carbonyl (C=O) groups is 1. The smallest absolute Gasteiger partial charge is 0.274 e. The SMILES string of the molecule is Cc1ccn2cc(C(=O)N3CCN(Cc4ccc5c(c4)OCO5)CC3)nc2c1. The summed E-state index contributed by atoms with van der Waals surface area (Å²) in [5.74, 6) is 1.62. The van der Waals surface area contributed by atoms with Gasteiger partial charge in [0.05, 0.1) is 0 Å². The van der Waals surface area contributed by atoms with Crippen LogP contribution in [0.1, 0.15) is 21.6 Å². The zero-order valence-corrected chi connectivity index (χ0v) is 15.8. The number of aryl methyl sites for hydroxylation is 1. The lowest BCUT2D eigenvalue weighted by atomic mass is 10.1. The molecule has 2 aromatic heterocycles. The minimum Gasteiger partial charge on any atom is -0.454 e. The highest BCUT2D eigenvalue weighted by atomic mass is 16.7. The number of pyridine rings is 1. The van der Waals surface area contributed by atoms with Crippen molar-refractivity contribution < 1.29 is 14.3 Å². The molecular weight excluding hydrogens is 356 g/mol. The van der Waals surface area contributed by atoms with E-state index < -0.39 is 0 Å². The molecule has 0 bridgehead atoms. The molecule has 3 aromatic rings. The summed E-state index contributed by atoms with van der Waals surface area (Å²) in [5.41, 5.74) is 3.65. The van der Waals surface area contributed by atoms with Gasteiger partial charge in [-0.1, -0.05) is 6.07 Å². The molecule has 2 aliphatic rings. The minimum absolute atomic E-state index is 0.00378. The number of benzene rings is 1. The van der Waals surface area contributed by atoms with Crippen LogP contribution in [-0.4, -0.2) is 58.1 Å². The number of piperazine rings is 1. The average Bonchev–Trinajstić information content (AvgIpc) is 3.34. The van der Waals surface area contributed by atoms with Crippen LogP contribution >= 0.6 is 0 Å². The molecule has 1 saturated heterocycles. The average molecular weight is 378 g/mol. The van der Waals surface area contributed by atoms with Crippen molar-refractivity contribution in [1.29, 1.82) is 0 Å². The van der Waals surface area contributed by atoms with Gasteiger partial charge >= 0.3 is 0 Å². The molecular formula is C21H22N4O3.